The minimum absolute atomic E-state index is 0.0478. The monoisotopic (exact) mass is 1340 g/mol. The molecule has 4 saturated heterocycles. The van der Waals surface area contributed by atoms with Crippen molar-refractivity contribution in [1.29, 1.82) is 0 Å². The van der Waals surface area contributed by atoms with Gasteiger partial charge in [0.05, 0.1) is 29.9 Å². The molecule has 0 radical (unpaired) electrons. The lowest BCUT2D eigenvalue weighted by atomic mass is 9.97. The molecule has 2 aromatic carbocycles. The quantitative estimate of drug-likeness (QED) is 0.106. The lowest BCUT2D eigenvalue weighted by Gasteiger charge is -2.36. The lowest BCUT2D eigenvalue weighted by molar-refractivity contribution is -0.163. The Kier molecular flexibility index (Phi) is 22.9. The largest absolute Gasteiger partial charge is 0.458 e. The second-order valence-corrected chi connectivity index (χ2v) is 27.3. The van der Waals surface area contributed by atoms with Crippen molar-refractivity contribution in [2.75, 3.05) is 59.7 Å². The first-order valence-corrected chi connectivity index (χ1v) is 33.1. The highest BCUT2D eigenvalue weighted by molar-refractivity contribution is 6.11. The normalized spacial score (nSPS) is 25.1. The van der Waals surface area contributed by atoms with Crippen molar-refractivity contribution in [3.8, 4) is 11.5 Å². The fourth-order valence-corrected chi connectivity index (χ4v) is 13.2. The standard InChI is InChI=1S/C69H92N12O16/c1-33(2)48-66(91)80-28-20-24-43(80)64(89)76(13)31-45(82)78(15)55(35(5)6)68(93)95-39(11)50(62(87)72-48)74-60(85)42-27-26-37(9)58-52(42)71-54-47(53(57(84)38(10)59(54)97-58)70-30-41-22-18-17-19-23-41)61(86)75-51-40(12)96-69(94)56(36(7)8)79(16)46(83)32-77(14)65(90)44-25-21-29-81(44)67(92)49(34(3)4)73-63(51)88/h17-19,22-23,26-27,33-36,39-40,43-44,48-51,55-56,70H,20-21,24-25,28-32H2,1-16H3,(H,72,87)(H,73,88)(H,74,85)(H,75,86)/t39-,40-,43-,44-,48-,49-,50-,51-,55-,56-/m0/s1. The molecule has 28 nitrogen and oxygen atoms in total. The Balaban J connectivity index is 1.27. The number of fused-ring (bicyclic) bond motifs is 4. The number of esters is 2. The van der Waals surface area contributed by atoms with E-state index in [0.29, 0.717) is 24.0 Å². The van der Waals surface area contributed by atoms with E-state index in [2.05, 4.69) is 26.6 Å². The first-order chi connectivity index (χ1) is 45.7. The number of anilines is 1. The third kappa shape index (κ3) is 15.4. The van der Waals surface area contributed by atoms with Crippen LogP contribution >= 0.6 is 0 Å². The molecule has 28 heteroatoms. The van der Waals surface area contributed by atoms with Crippen LogP contribution in [-0.2, 0) is 64.0 Å². The Labute approximate surface area is 563 Å². The molecule has 524 valence electrons. The van der Waals surface area contributed by atoms with E-state index in [1.165, 1.54) is 80.7 Å². The van der Waals surface area contributed by atoms with Crippen LogP contribution in [0.2, 0.25) is 0 Å². The van der Waals surface area contributed by atoms with Gasteiger partial charge >= 0.3 is 11.9 Å². The maximum Gasteiger partial charge on any atom is 0.329 e. The number of cyclic esters (lactones) is 2. The molecule has 4 fully saturated rings. The molecule has 0 spiro atoms. The summed E-state index contributed by atoms with van der Waals surface area (Å²) in [6, 6.07) is 0.954. The van der Waals surface area contributed by atoms with Gasteiger partial charge in [-0.1, -0.05) is 91.8 Å². The maximum absolute atomic E-state index is 15.8. The summed E-state index contributed by atoms with van der Waals surface area (Å²) < 4.78 is 18.7. The van der Waals surface area contributed by atoms with Crippen molar-refractivity contribution in [3.63, 3.8) is 0 Å². The predicted octanol–water partition coefficient (Wildman–Crippen LogP) is 2.76. The summed E-state index contributed by atoms with van der Waals surface area (Å²) >= 11 is 0. The van der Waals surface area contributed by atoms with Crippen LogP contribution in [0.4, 0.5) is 5.69 Å². The summed E-state index contributed by atoms with van der Waals surface area (Å²) in [7, 11) is 5.62. The number of likely N-dealkylation sites (N-methyl/N-ethyl adjacent to an activating group) is 4. The molecule has 97 heavy (non-hydrogen) atoms. The van der Waals surface area contributed by atoms with Gasteiger partial charge < -0.3 is 69.9 Å². The van der Waals surface area contributed by atoms with Gasteiger partial charge in [0.1, 0.15) is 71.8 Å². The van der Waals surface area contributed by atoms with Gasteiger partial charge in [-0.2, -0.15) is 0 Å². The summed E-state index contributed by atoms with van der Waals surface area (Å²) in [6.45, 7) is 18.6. The number of aryl methyl sites for hydroxylation is 1. The van der Waals surface area contributed by atoms with Gasteiger partial charge in [-0.25, -0.2) is 14.6 Å². The number of rotatable bonds is 11. The van der Waals surface area contributed by atoms with Crippen molar-refractivity contribution in [1.82, 2.24) is 55.7 Å². The number of carbonyl (C=O) groups is 12. The fraction of sp³-hybridized carbons (Fsp3) is 0.565. The SMILES string of the molecule is Cc1c2oc3c(C)ccc(C(=O)N[C@@H]4C(=O)N[C@@H](C(C)C)C(=O)N5CCC[C@H]5C(=O)N(C)CC(=O)N(C)[C@@H](C(C)C)C(=O)O[C@H]4C)c3nc-2c(C(=O)N[C@@H]2C(=O)N[C@@H](C(C)C)C(=O)N3CCC[C@H]3C(=O)N(C)CC(=O)N(C)[C@@H](C(C)C)C(=O)O[C@H]2C)c(NCc2ccccc2)c1=O. The average Bonchev–Trinajstić information content (AvgIpc) is 1.40. The Morgan fingerprint density at radius 2 is 1.05 bits per heavy atom. The van der Waals surface area contributed by atoms with E-state index < -0.39 is 179 Å². The third-order valence-corrected chi connectivity index (χ3v) is 18.8. The van der Waals surface area contributed by atoms with Gasteiger partial charge in [0.25, 0.3) is 11.8 Å². The van der Waals surface area contributed by atoms with Crippen LogP contribution in [0.1, 0.15) is 132 Å². The number of nitrogens with one attached hydrogen (secondary N) is 5. The van der Waals surface area contributed by atoms with Gasteiger partial charge in [0.2, 0.25) is 52.7 Å². The number of hydrogen-bond acceptors (Lipinski definition) is 18. The van der Waals surface area contributed by atoms with Crippen LogP contribution < -0.4 is 32.0 Å². The van der Waals surface area contributed by atoms with Crippen molar-refractivity contribution < 1.29 is 71.4 Å². The molecule has 1 aliphatic carbocycles. The Hall–Kier alpha value is -9.50. The van der Waals surface area contributed by atoms with Crippen molar-refractivity contribution in [3.05, 3.63) is 80.5 Å². The average molecular weight is 1350 g/mol. The van der Waals surface area contributed by atoms with Crippen molar-refractivity contribution in [2.45, 2.75) is 176 Å². The van der Waals surface area contributed by atoms with Gasteiger partial charge in [-0.3, -0.25) is 52.7 Å². The van der Waals surface area contributed by atoms with Crippen LogP contribution in [-0.4, -0.2) is 220 Å². The zero-order valence-corrected chi connectivity index (χ0v) is 58.2. The van der Waals surface area contributed by atoms with Gasteiger partial charge in [-0.05, 0) is 94.2 Å². The molecule has 5 N–H and O–H groups in total. The summed E-state index contributed by atoms with van der Waals surface area (Å²) in [5.74, 6) is -12.2. The van der Waals surface area contributed by atoms with E-state index >= 15 is 19.2 Å². The summed E-state index contributed by atoms with van der Waals surface area (Å²) in [4.78, 5) is 203. The van der Waals surface area contributed by atoms with E-state index in [-0.39, 0.29) is 71.8 Å². The highest BCUT2D eigenvalue weighted by Gasteiger charge is 2.47. The van der Waals surface area contributed by atoms with Crippen LogP contribution in [0.25, 0.3) is 22.6 Å². The Morgan fingerprint density at radius 1 is 0.598 bits per heavy atom. The number of carbonyl (C=O) groups excluding carboxylic acids is 12. The summed E-state index contributed by atoms with van der Waals surface area (Å²) in [6.07, 6.45) is -1.67. The zero-order valence-electron chi connectivity index (χ0n) is 58.2. The molecule has 5 heterocycles. The smallest absolute Gasteiger partial charge is 0.329 e. The zero-order chi connectivity index (χ0) is 71.5. The number of ether oxygens (including phenoxy) is 2. The first-order valence-electron chi connectivity index (χ1n) is 33.1. The first kappa shape index (κ1) is 73.3. The molecule has 0 unspecified atom stereocenters. The highest BCUT2D eigenvalue weighted by Crippen LogP contribution is 2.36. The van der Waals surface area contributed by atoms with Crippen molar-refractivity contribution in [2.24, 2.45) is 23.7 Å². The second kappa shape index (κ2) is 30.3. The molecular weight excluding hydrogens is 1250 g/mol. The molecule has 5 aliphatic heterocycles. The Morgan fingerprint density at radius 3 is 1.49 bits per heavy atom. The molecule has 2 aromatic rings. The van der Waals surface area contributed by atoms with Crippen LogP contribution in [0.5, 0.6) is 0 Å². The lowest BCUT2D eigenvalue weighted by Crippen LogP contribution is -2.61. The Bertz CT molecular complexity index is 3780. The number of aromatic nitrogens is 1. The van der Waals surface area contributed by atoms with Crippen molar-refractivity contribution >= 4 is 87.8 Å². The molecule has 0 saturated carbocycles. The molecule has 10 amide bonds. The van der Waals surface area contributed by atoms with Gasteiger partial charge in [-0.15, -0.1) is 0 Å². The highest BCUT2D eigenvalue weighted by atomic mass is 16.6. The molecule has 6 aliphatic rings. The number of amides is 10. The predicted molar refractivity (Wildman–Crippen MR) is 355 cm³/mol. The van der Waals surface area contributed by atoms with E-state index in [1.807, 2.05) is 0 Å². The molecule has 0 bridgehead atoms. The summed E-state index contributed by atoms with van der Waals surface area (Å²) in [5.41, 5.74) is -1.48. The van der Waals surface area contributed by atoms with E-state index in [4.69, 9.17) is 18.9 Å². The number of nitrogens with zero attached hydrogens (tertiary/aromatic N) is 7. The topological polar surface area (TPSA) is 346 Å². The minimum atomic E-state index is -1.89. The third-order valence-electron chi connectivity index (χ3n) is 18.8. The molecule has 8 rings (SSSR count). The minimum Gasteiger partial charge on any atom is -0.458 e. The fourth-order valence-electron chi connectivity index (χ4n) is 13.2. The molecule has 0 aromatic heterocycles. The maximum atomic E-state index is 15.8. The van der Waals surface area contributed by atoms with Gasteiger partial charge in [0, 0.05) is 53.4 Å². The molecule has 10 atom stereocenters. The van der Waals surface area contributed by atoms with Crippen LogP contribution in [0, 0.1) is 37.5 Å². The second-order valence-electron chi connectivity index (χ2n) is 27.3. The van der Waals surface area contributed by atoms with E-state index in [0.717, 1.165) is 9.80 Å². The number of benzene rings is 3. The number of hydrogen-bond donors (Lipinski definition) is 5. The van der Waals surface area contributed by atoms with Crippen LogP contribution in [0.3, 0.4) is 0 Å². The van der Waals surface area contributed by atoms with Gasteiger partial charge in [0.15, 0.2) is 11.3 Å². The van der Waals surface area contributed by atoms with E-state index in [1.54, 1.807) is 92.6 Å². The van der Waals surface area contributed by atoms with Crippen LogP contribution in [0.15, 0.2) is 51.7 Å². The summed E-state index contributed by atoms with van der Waals surface area (Å²) in [5, 5.41) is 14.1. The molecular formula is C69H92N12O16. The van der Waals surface area contributed by atoms with E-state index in [9.17, 15) is 43.2 Å².